The minimum Gasteiger partial charge on any atom is -0.481 e. The van der Waals surface area contributed by atoms with Crippen molar-refractivity contribution in [2.24, 2.45) is 5.92 Å². The van der Waals surface area contributed by atoms with Crippen LogP contribution in [0.5, 0.6) is 0 Å². The van der Waals surface area contributed by atoms with Crippen molar-refractivity contribution in [3.05, 3.63) is 0 Å². The van der Waals surface area contributed by atoms with Crippen molar-refractivity contribution < 1.29 is 9.90 Å². The second-order valence-electron chi connectivity index (χ2n) is 5.20. The fraction of sp³-hybridized carbons (Fsp3) is 0.929. The third-order valence-corrected chi connectivity index (χ3v) is 3.73. The molecular formula is C14H26O2. The van der Waals surface area contributed by atoms with Crippen molar-refractivity contribution in [1.29, 1.82) is 0 Å². The molecule has 0 aromatic heterocycles. The van der Waals surface area contributed by atoms with E-state index in [9.17, 15) is 4.79 Å². The second-order valence-corrected chi connectivity index (χ2v) is 5.20. The summed E-state index contributed by atoms with van der Waals surface area (Å²) < 4.78 is 0. The van der Waals surface area contributed by atoms with Crippen LogP contribution in [0.2, 0.25) is 0 Å². The summed E-state index contributed by atoms with van der Waals surface area (Å²) in [6.45, 7) is 0. The van der Waals surface area contributed by atoms with Crippen LogP contribution in [0.25, 0.3) is 0 Å². The number of hydrogen-bond donors (Lipinski definition) is 1. The van der Waals surface area contributed by atoms with Crippen LogP contribution in [0.4, 0.5) is 0 Å². The zero-order valence-electron chi connectivity index (χ0n) is 10.4. The number of unbranched alkanes of at least 4 members (excludes halogenated alkanes) is 1. The van der Waals surface area contributed by atoms with Crippen molar-refractivity contribution in [3.63, 3.8) is 0 Å². The summed E-state index contributed by atoms with van der Waals surface area (Å²) in [6, 6.07) is 0. The molecule has 0 amide bonds. The lowest BCUT2D eigenvalue weighted by Gasteiger charge is -2.15. The molecule has 0 radical (unpaired) electrons. The molecule has 1 aliphatic rings. The van der Waals surface area contributed by atoms with Crippen LogP contribution in [0.3, 0.4) is 0 Å². The fourth-order valence-electron chi connectivity index (χ4n) is 2.72. The normalized spacial score (nSPS) is 19.8. The summed E-state index contributed by atoms with van der Waals surface area (Å²) in [5.41, 5.74) is 0. The first-order valence-corrected chi connectivity index (χ1v) is 7.01. The van der Waals surface area contributed by atoms with Crippen molar-refractivity contribution in [1.82, 2.24) is 0 Å². The van der Waals surface area contributed by atoms with Crippen LogP contribution in [0.15, 0.2) is 0 Å². The summed E-state index contributed by atoms with van der Waals surface area (Å²) in [4.78, 5) is 10.4. The molecule has 1 aliphatic carbocycles. The van der Waals surface area contributed by atoms with Gasteiger partial charge in [-0.1, -0.05) is 64.2 Å². The molecule has 2 heteroatoms. The highest BCUT2D eigenvalue weighted by Gasteiger charge is 2.10. The topological polar surface area (TPSA) is 37.3 Å². The standard InChI is InChI=1S/C14H26O2/c15-14(16)12-8-7-11-13-9-5-3-1-2-4-6-10-13/h13H,1-12H2,(H,15,16). The van der Waals surface area contributed by atoms with Gasteiger partial charge < -0.3 is 5.11 Å². The van der Waals surface area contributed by atoms with Gasteiger partial charge in [-0.05, 0) is 12.3 Å². The van der Waals surface area contributed by atoms with E-state index < -0.39 is 5.97 Å². The molecule has 0 saturated heterocycles. The maximum atomic E-state index is 10.4. The maximum Gasteiger partial charge on any atom is 0.303 e. The number of carboxylic acids is 1. The van der Waals surface area contributed by atoms with Crippen molar-refractivity contribution in [2.45, 2.75) is 77.0 Å². The molecular weight excluding hydrogens is 200 g/mol. The zero-order valence-corrected chi connectivity index (χ0v) is 10.4. The first-order chi connectivity index (χ1) is 7.79. The Labute approximate surface area is 99.4 Å². The molecule has 16 heavy (non-hydrogen) atoms. The van der Waals surface area contributed by atoms with Crippen LogP contribution in [-0.4, -0.2) is 11.1 Å². The number of rotatable bonds is 5. The van der Waals surface area contributed by atoms with E-state index in [1.54, 1.807) is 0 Å². The SMILES string of the molecule is O=C(O)CCCCC1CCCCCCCC1. The van der Waals surface area contributed by atoms with E-state index in [2.05, 4.69) is 0 Å². The first kappa shape index (κ1) is 13.5. The number of carboxylic acid groups (broad SMARTS) is 1. The smallest absolute Gasteiger partial charge is 0.303 e. The summed E-state index contributed by atoms with van der Waals surface area (Å²) in [7, 11) is 0. The van der Waals surface area contributed by atoms with Crippen molar-refractivity contribution in [3.8, 4) is 0 Å². The van der Waals surface area contributed by atoms with E-state index in [1.807, 2.05) is 0 Å². The van der Waals surface area contributed by atoms with Gasteiger partial charge in [0.15, 0.2) is 0 Å². The predicted molar refractivity (Wildman–Crippen MR) is 66.5 cm³/mol. The van der Waals surface area contributed by atoms with Crippen molar-refractivity contribution >= 4 is 5.97 Å². The fourth-order valence-corrected chi connectivity index (χ4v) is 2.72. The second kappa shape index (κ2) is 8.60. The summed E-state index contributed by atoms with van der Waals surface area (Å²) in [5, 5.41) is 8.57. The molecule has 1 rings (SSSR count). The van der Waals surface area contributed by atoms with Gasteiger partial charge in [0.2, 0.25) is 0 Å². The highest BCUT2D eigenvalue weighted by molar-refractivity contribution is 5.66. The van der Waals surface area contributed by atoms with Crippen LogP contribution in [0.1, 0.15) is 77.0 Å². The zero-order chi connectivity index (χ0) is 11.6. The summed E-state index contributed by atoms with van der Waals surface area (Å²) in [5.74, 6) is 0.237. The van der Waals surface area contributed by atoms with Gasteiger partial charge in [-0.3, -0.25) is 4.79 Å². The van der Waals surface area contributed by atoms with E-state index in [-0.39, 0.29) is 0 Å². The van der Waals surface area contributed by atoms with E-state index in [0.29, 0.717) is 6.42 Å². The maximum absolute atomic E-state index is 10.4. The first-order valence-electron chi connectivity index (χ1n) is 7.01. The Hall–Kier alpha value is -0.530. The third-order valence-electron chi connectivity index (χ3n) is 3.73. The molecule has 2 nitrogen and oxygen atoms in total. The van der Waals surface area contributed by atoms with Gasteiger partial charge >= 0.3 is 5.97 Å². The highest BCUT2D eigenvalue weighted by Crippen LogP contribution is 2.25. The minimum atomic E-state index is -0.644. The van der Waals surface area contributed by atoms with Gasteiger partial charge in [-0.25, -0.2) is 0 Å². The Morgan fingerprint density at radius 2 is 1.50 bits per heavy atom. The molecule has 0 spiro atoms. The lowest BCUT2D eigenvalue weighted by molar-refractivity contribution is -0.137. The highest BCUT2D eigenvalue weighted by atomic mass is 16.4. The lowest BCUT2D eigenvalue weighted by Crippen LogP contribution is -2.01. The molecule has 1 fully saturated rings. The van der Waals surface area contributed by atoms with Crippen LogP contribution >= 0.6 is 0 Å². The number of aliphatic carboxylic acids is 1. The molecule has 94 valence electrons. The predicted octanol–water partition coefficient (Wildman–Crippen LogP) is 4.38. The van der Waals surface area contributed by atoms with Crippen LogP contribution < -0.4 is 0 Å². The number of hydrogen-bond acceptors (Lipinski definition) is 1. The van der Waals surface area contributed by atoms with Gasteiger partial charge in [-0.15, -0.1) is 0 Å². The Bertz CT molecular complexity index is 179. The van der Waals surface area contributed by atoms with Gasteiger partial charge in [0.25, 0.3) is 0 Å². The largest absolute Gasteiger partial charge is 0.481 e. The van der Waals surface area contributed by atoms with Gasteiger partial charge in [0.05, 0.1) is 0 Å². The average Bonchev–Trinajstić information content (AvgIpc) is 2.37. The molecule has 0 aromatic carbocycles. The summed E-state index contributed by atoms with van der Waals surface area (Å²) in [6.07, 6.45) is 14.8. The average molecular weight is 226 g/mol. The molecule has 1 saturated carbocycles. The Morgan fingerprint density at radius 1 is 0.938 bits per heavy atom. The minimum absolute atomic E-state index is 0.354. The van der Waals surface area contributed by atoms with E-state index in [0.717, 1.165) is 18.8 Å². The molecule has 0 atom stereocenters. The molecule has 0 bridgehead atoms. The monoisotopic (exact) mass is 226 g/mol. The Morgan fingerprint density at radius 3 is 2.06 bits per heavy atom. The Kier molecular flexibility index (Phi) is 7.28. The molecule has 0 aromatic rings. The molecule has 0 aliphatic heterocycles. The summed E-state index contributed by atoms with van der Waals surface area (Å²) >= 11 is 0. The molecule has 1 N–H and O–H groups in total. The van der Waals surface area contributed by atoms with E-state index in [1.165, 1.54) is 57.8 Å². The molecule has 0 unspecified atom stereocenters. The van der Waals surface area contributed by atoms with E-state index >= 15 is 0 Å². The quantitative estimate of drug-likeness (QED) is 0.706. The van der Waals surface area contributed by atoms with Crippen LogP contribution in [-0.2, 0) is 4.79 Å². The van der Waals surface area contributed by atoms with E-state index in [4.69, 9.17) is 5.11 Å². The van der Waals surface area contributed by atoms with Crippen molar-refractivity contribution in [2.75, 3.05) is 0 Å². The van der Waals surface area contributed by atoms with Gasteiger partial charge in [0.1, 0.15) is 0 Å². The van der Waals surface area contributed by atoms with Gasteiger partial charge in [-0.2, -0.15) is 0 Å². The Balaban J connectivity index is 2.09. The van der Waals surface area contributed by atoms with Crippen LogP contribution in [0, 0.1) is 5.92 Å². The lowest BCUT2D eigenvalue weighted by atomic mass is 9.91. The molecule has 0 heterocycles. The third kappa shape index (κ3) is 6.86. The number of carbonyl (C=O) groups is 1. The van der Waals surface area contributed by atoms with Gasteiger partial charge in [0, 0.05) is 6.42 Å².